The first-order valence-electron chi connectivity index (χ1n) is 7.16. The lowest BCUT2D eigenvalue weighted by Gasteiger charge is -2.21. The van der Waals surface area contributed by atoms with E-state index in [1.54, 1.807) is 30.0 Å². The number of nitrogens with zero attached hydrogens (tertiary/aromatic N) is 1. The summed E-state index contributed by atoms with van der Waals surface area (Å²) in [4.78, 5) is 13.5. The fraction of sp³-hybridized carbons (Fsp3) is 0.533. The Hall–Kier alpha value is -1.56. The number of benzene rings is 1. The van der Waals surface area contributed by atoms with Crippen molar-refractivity contribution in [1.82, 2.24) is 4.90 Å². The van der Waals surface area contributed by atoms with E-state index in [1.165, 1.54) is 19.8 Å². The van der Waals surface area contributed by atoms with Gasteiger partial charge < -0.3 is 9.08 Å². The predicted octanol–water partition coefficient (Wildman–Crippen LogP) is 2.17. The summed E-state index contributed by atoms with van der Waals surface area (Å²) in [6, 6.07) is 6.89. The monoisotopic (exact) mass is 311 g/mol. The van der Waals surface area contributed by atoms with E-state index in [9.17, 15) is 13.2 Å². The van der Waals surface area contributed by atoms with E-state index in [0.717, 1.165) is 12.1 Å². The minimum Gasteiger partial charge on any atom is -0.382 e. The van der Waals surface area contributed by atoms with Crippen LogP contribution in [0.4, 0.5) is 0 Å². The number of amides is 1. The fourth-order valence-electron chi connectivity index (χ4n) is 2.04. The lowest BCUT2D eigenvalue weighted by molar-refractivity contribution is -0.129. The second-order valence-corrected chi connectivity index (χ2v) is 7.28. The summed E-state index contributed by atoms with van der Waals surface area (Å²) in [5.74, 6) is 0.880. The van der Waals surface area contributed by atoms with Gasteiger partial charge in [-0.25, -0.2) is 0 Å². The Morgan fingerprint density at radius 2 is 2.10 bits per heavy atom. The van der Waals surface area contributed by atoms with Gasteiger partial charge in [0.1, 0.15) is 5.75 Å². The third kappa shape index (κ3) is 5.04. The van der Waals surface area contributed by atoms with Crippen LogP contribution in [0, 0.1) is 5.92 Å². The highest BCUT2D eigenvalue weighted by atomic mass is 32.2. The molecule has 1 amide bonds. The van der Waals surface area contributed by atoms with Gasteiger partial charge in [-0.3, -0.25) is 4.79 Å². The molecule has 1 aliphatic carbocycles. The van der Waals surface area contributed by atoms with Crippen molar-refractivity contribution in [3.63, 3.8) is 0 Å². The molecule has 1 saturated carbocycles. The van der Waals surface area contributed by atoms with Crippen LogP contribution in [0.3, 0.4) is 0 Å². The van der Waals surface area contributed by atoms with Gasteiger partial charge in [0.25, 0.3) is 0 Å². The molecule has 6 heteroatoms. The Kier molecular flexibility index (Phi) is 4.88. The van der Waals surface area contributed by atoms with Crippen LogP contribution >= 0.6 is 0 Å². The quantitative estimate of drug-likeness (QED) is 0.724. The van der Waals surface area contributed by atoms with E-state index in [1.807, 2.05) is 6.07 Å². The van der Waals surface area contributed by atoms with Crippen LogP contribution in [0.25, 0.3) is 0 Å². The molecule has 0 N–H and O–H groups in total. The first-order valence-corrected chi connectivity index (χ1v) is 8.74. The molecule has 1 aromatic rings. The topological polar surface area (TPSA) is 63.7 Å². The molecular formula is C15H21NO4S. The van der Waals surface area contributed by atoms with Gasteiger partial charge in [-0.2, -0.15) is 8.42 Å². The summed E-state index contributed by atoms with van der Waals surface area (Å²) in [6.45, 7) is 4.35. The van der Waals surface area contributed by atoms with Crippen molar-refractivity contribution >= 4 is 16.0 Å². The van der Waals surface area contributed by atoms with Crippen LogP contribution in [0.5, 0.6) is 5.75 Å². The zero-order chi connectivity index (χ0) is 15.5. The van der Waals surface area contributed by atoms with Gasteiger partial charge in [-0.15, -0.1) is 0 Å². The van der Waals surface area contributed by atoms with Crippen LogP contribution < -0.4 is 4.18 Å². The van der Waals surface area contributed by atoms with E-state index in [0.29, 0.717) is 18.2 Å². The molecule has 116 valence electrons. The maximum atomic E-state index is 11.7. The number of hydrogen-bond acceptors (Lipinski definition) is 4. The van der Waals surface area contributed by atoms with E-state index in [-0.39, 0.29) is 11.7 Å². The van der Waals surface area contributed by atoms with E-state index in [2.05, 4.69) is 0 Å². The molecule has 0 radical (unpaired) electrons. The standard InChI is InChI=1S/C15H21NO4S/c1-3-21(18,19)20-15-6-4-5-14(9-15)11-16(12(2)17)10-13-7-8-13/h4-6,9,13H,3,7-8,10-11H2,1-2H3. The third-order valence-corrected chi connectivity index (χ3v) is 4.62. The molecule has 21 heavy (non-hydrogen) atoms. The zero-order valence-electron chi connectivity index (χ0n) is 12.4. The molecule has 0 saturated heterocycles. The number of rotatable bonds is 7. The van der Waals surface area contributed by atoms with Crippen LogP contribution in [0.15, 0.2) is 24.3 Å². The van der Waals surface area contributed by atoms with Crippen molar-refractivity contribution in [3.05, 3.63) is 29.8 Å². The minimum atomic E-state index is -3.52. The highest BCUT2D eigenvalue weighted by Crippen LogP contribution is 2.30. The summed E-state index contributed by atoms with van der Waals surface area (Å²) in [5, 5.41) is 0. The Morgan fingerprint density at radius 3 is 2.67 bits per heavy atom. The Labute approximate surface area is 126 Å². The Balaban J connectivity index is 2.07. The molecule has 0 heterocycles. The van der Waals surface area contributed by atoms with Crippen molar-refractivity contribution in [3.8, 4) is 5.75 Å². The first kappa shape index (κ1) is 15.8. The number of carbonyl (C=O) groups is 1. The average molecular weight is 311 g/mol. The van der Waals surface area contributed by atoms with Gasteiger partial charge in [-0.05, 0) is 43.4 Å². The summed E-state index contributed by atoms with van der Waals surface area (Å²) in [7, 11) is -3.52. The lowest BCUT2D eigenvalue weighted by atomic mass is 10.2. The van der Waals surface area contributed by atoms with E-state index < -0.39 is 10.1 Å². The maximum absolute atomic E-state index is 11.7. The predicted molar refractivity (Wildman–Crippen MR) is 80.3 cm³/mol. The first-order chi connectivity index (χ1) is 9.89. The van der Waals surface area contributed by atoms with Gasteiger partial charge >= 0.3 is 10.1 Å². The molecule has 0 unspecified atom stereocenters. The second kappa shape index (κ2) is 6.47. The average Bonchev–Trinajstić information content (AvgIpc) is 3.22. The molecule has 1 fully saturated rings. The van der Waals surface area contributed by atoms with E-state index in [4.69, 9.17) is 4.18 Å². The maximum Gasteiger partial charge on any atom is 0.308 e. The summed E-state index contributed by atoms with van der Waals surface area (Å²) in [5.41, 5.74) is 0.870. The molecule has 0 atom stereocenters. The van der Waals surface area contributed by atoms with E-state index >= 15 is 0 Å². The third-order valence-electron chi connectivity index (χ3n) is 3.47. The molecule has 0 aliphatic heterocycles. The molecule has 0 aromatic heterocycles. The molecule has 2 rings (SSSR count). The van der Waals surface area contributed by atoms with Gasteiger partial charge in [0, 0.05) is 20.0 Å². The Morgan fingerprint density at radius 1 is 1.38 bits per heavy atom. The van der Waals surface area contributed by atoms with Crippen LogP contribution in [0.2, 0.25) is 0 Å². The molecule has 0 spiro atoms. The lowest BCUT2D eigenvalue weighted by Crippen LogP contribution is -2.30. The molecule has 5 nitrogen and oxygen atoms in total. The van der Waals surface area contributed by atoms with Gasteiger partial charge in [0.05, 0.1) is 5.75 Å². The summed E-state index contributed by atoms with van der Waals surface area (Å²) < 4.78 is 28.0. The van der Waals surface area contributed by atoms with Crippen molar-refractivity contribution in [2.75, 3.05) is 12.3 Å². The SMILES string of the molecule is CCS(=O)(=O)Oc1cccc(CN(CC2CC2)C(C)=O)c1. The van der Waals surface area contributed by atoms with Crippen molar-refractivity contribution < 1.29 is 17.4 Å². The second-order valence-electron chi connectivity index (χ2n) is 5.42. The molecular weight excluding hydrogens is 290 g/mol. The normalized spacial score (nSPS) is 14.8. The molecule has 1 aromatic carbocycles. The minimum absolute atomic E-state index is 0.0365. The fourth-order valence-corrected chi connectivity index (χ4v) is 2.55. The zero-order valence-corrected chi connectivity index (χ0v) is 13.2. The largest absolute Gasteiger partial charge is 0.382 e. The number of carbonyl (C=O) groups excluding carboxylic acids is 1. The Bertz CT molecular complexity index is 608. The molecule has 0 bridgehead atoms. The summed E-state index contributed by atoms with van der Waals surface area (Å²) in [6.07, 6.45) is 2.36. The highest BCUT2D eigenvalue weighted by molar-refractivity contribution is 7.87. The van der Waals surface area contributed by atoms with Gasteiger partial charge in [-0.1, -0.05) is 12.1 Å². The van der Waals surface area contributed by atoms with Gasteiger partial charge in [0.15, 0.2) is 0 Å². The van der Waals surface area contributed by atoms with Gasteiger partial charge in [0.2, 0.25) is 5.91 Å². The van der Waals surface area contributed by atoms with Crippen LogP contribution in [-0.4, -0.2) is 31.5 Å². The van der Waals surface area contributed by atoms with Crippen molar-refractivity contribution in [1.29, 1.82) is 0 Å². The highest BCUT2D eigenvalue weighted by Gasteiger charge is 2.25. The smallest absolute Gasteiger partial charge is 0.308 e. The number of hydrogen-bond donors (Lipinski definition) is 0. The molecule has 1 aliphatic rings. The summed E-state index contributed by atoms with van der Waals surface area (Å²) >= 11 is 0. The van der Waals surface area contributed by atoms with Crippen LogP contribution in [0.1, 0.15) is 32.3 Å². The van der Waals surface area contributed by atoms with Crippen molar-refractivity contribution in [2.24, 2.45) is 5.92 Å². The van der Waals surface area contributed by atoms with Crippen molar-refractivity contribution in [2.45, 2.75) is 33.2 Å². The van der Waals surface area contributed by atoms with Crippen LogP contribution in [-0.2, 0) is 21.5 Å².